The molecule has 2 aromatic carbocycles. The van der Waals surface area contributed by atoms with Crippen LogP contribution in [0.15, 0.2) is 42.5 Å². The van der Waals surface area contributed by atoms with Crippen LogP contribution in [0.2, 0.25) is 10.0 Å². The summed E-state index contributed by atoms with van der Waals surface area (Å²) in [5.74, 6) is -0.624. The lowest BCUT2D eigenvalue weighted by Crippen LogP contribution is -2.60. The molecule has 3 amide bonds. The summed E-state index contributed by atoms with van der Waals surface area (Å²) in [5.41, 5.74) is 0.854. The zero-order valence-corrected chi connectivity index (χ0v) is 22.2. The second-order valence-electron chi connectivity index (χ2n) is 9.50. The molecule has 2 aliphatic heterocycles. The molecule has 2 heterocycles. The van der Waals surface area contributed by atoms with Gasteiger partial charge in [0.2, 0.25) is 5.91 Å². The van der Waals surface area contributed by atoms with Gasteiger partial charge in [0.25, 0.3) is 11.8 Å². The summed E-state index contributed by atoms with van der Waals surface area (Å²) >= 11 is 12.1. The zero-order chi connectivity index (χ0) is 26.0. The molecule has 0 aliphatic carbocycles. The number of halogens is 2. The van der Waals surface area contributed by atoms with E-state index in [1.165, 1.54) is 0 Å². The Kier molecular flexibility index (Phi) is 7.93. The number of rotatable bonds is 5. The summed E-state index contributed by atoms with van der Waals surface area (Å²) < 4.78 is 6.26. The van der Waals surface area contributed by atoms with E-state index in [0.717, 1.165) is 12.0 Å². The molecule has 0 unspecified atom stereocenters. The summed E-state index contributed by atoms with van der Waals surface area (Å²) in [6.07, 6.45) is 1.57. The van der Waals surface area contributed by atoms with Crippen molar-refractivity contribution in [2.45, 2.75) is 57.8 Å². The van der Waals surface area contributed by atoms with Crippen molar-refractivity contribution in [1.82, 2.24) is 15.1 Å². The fourth-order valence-corrected chi connectivity index (χ4v) is 5.12. The molecule has 0 saturated carbocycles. The summed E-state index contributed by atoms with van der Waals surface area (Å²) in [4.78, 5) is 43.5. The second kappa shape index (κ2) is 10.8. The van der Waals surface area contributed by atoms with Crippen molar-refractivity contribution in [2.24, 2.45) is 0 Å². The number of piperidine rings is 1. The van der Waals surface area contributed by atoms with Crippen LogP contribution in [0.3, 0.4) is 0 Å². The van der Waals surface area contributed by atoms with Gasteiger partial charge in [0.15, 0.2) is 0 Å². The van der Waals surface area contributed by atoms with E-state index >= 15 is 0 Å². The third kappa shape index (κ3) is 5.10. The number of likely N-dealkylation sites (tertiary alicyclic amines) is 1. The van der Waals surface area contributed by atoms with Gasteiger partial charge in [0.05, 0.1) is 16.7 Å². The van der Waals surface area contributed by atoms with Crippen molar-refractivity contribution < 1.29 is 19.1 Å². The van der Waals surface area contributed by atoms with Gasteiger partial charge in [-0.05, 0) is 50.1 Å². The number of carbonyl (C=O) groups is 3. The molecule has 36 heavy (non-hydrogen) atoms. The van der Waals surface area contributed by atoms with Crippen molar-refractivity contribution in [2.75, 3.05) is 19.7 Å². The number of aryl methyl sites for hydroxylation is 1. The Morgan fingerprint density at radius 3 is 2.42 bits per heavy atom. The molecule has 7 nitrogen and oxygen atoms in total. The average Bonchev–Trinajstić information content (AvgIpc) is 3.24. The number of hydrogen-bond donors (Lipinski definition) is 1. The van der Waals surface area contributed by atoms with Gasteiger partial charge in [-0.25, -0.2) is 0 Å². The van der Waals surface area contributed by atoms with E-state index in [2.05, 4.69) is 5.32 Å². The maximum atomic E-state index is 13.9. The van der Waals surface area contributed by atoms with Crippen molar-refractivity contribution in [3.63, 3.8) is 0 Å². The highest BCUT2D eigenvalue weighted by molar-refractivity contribution is 6.42. The van der Waals surface area contributed by atoms with Crippen LogP contribution in [0.4, 0.5) is 0 Å². The summed E-state index contributed by atoms with van der Waals surface area (Å²) in [5, 5.41) is 3.71. The molecular weight excluding hydrogens is 501 g/mol. The van der Waals surface area contributed by atoms with Gasteiger partial charge < -0.3 is 15.0 Å². The first-order chi connectivity index (χ1) is 17.2. The highest BCUT2D eigenvalue weighted by atomic mass is 35.5. The van der Waals surface area contributed by atoms with Crippen LogP contribution < -0.4 is 5.32 Å². The molecule has 0 aromatic heterocycles. The molecule has 4 rings (SSSR count). The van der Waals surface area contributed by atoms with Crippen LogP contribution in [-0.2, 0) is 9.53 Å². The number of benzene rings is 2. The number of ether oxygens (including phenoxy) is 1. The second-order valence-corrected chi connectivity index (χ2v) is 10.3. The highest BCUT2D eigenvalue weighted by Gasteiger charge is 2.54. The van der Waals surface area contributed by atoms with Crippen LogP contribution in [0.1, 0.15) is 59.4 Å². The summed E-state index contributed by atoms with van der Waals surface area (Å²) in [6.45, 7) is 6.66. The third-order valence-corrected chi connectivity index (χ3v) is 7.90. The normalized spacial score (nSPS) is 19.9. The fourth-order valence-electron chi connectivity index (χ4n) is 4.82. The van der Waals surface area contributed by atoms with Crippen molar-refractivity contribution in [3.8, 4) is 0 Å². The van der Waals surface area contributed by atoms with Crippen LogP contribution >= 0.6 is 23.2 Å². The topological polar surface area (TPSA) is 79.0 Å². The van der Waals surface area contributed by atoms with E-state index in [1.54, 1.807) is 34.1 Å². The van der Waals surface area contributed by atoms with Crippen LogP contribution in [0, 0.1) is 6.92 Å². The number of carbonyl (C=O) groups excluding carboxylic acids is 3. The van der Waals surface area contributed by atoms with E-state index < -0.39 is 11.8 Å². The van der Waals surface area contributed by atoms with Gasteiger partial charge in [-0.1, -0.05) is 48.3 Å². The lowest BCUT2D eigenvalue weighted by molar-refractivity contribution is -0.128. The molecule has 1 spiro atoms. The molecule has 1 N–H and O–H groups in total. The Labute approximate surface area is 221 Å². The van der Waals surface area contributed by atoms with E-state index in [9.17, 15) is 14.4 Å². The van der Waals surface area contributed by atoms with Gasteiger partial charge >= 0.3 is 0 Å². The predicted octanol–water partition coefficient (Wildman–Crippen LogP) is 4.69. The van der Waals surface area contributed by atoms with Gasteiger partial charge in [0, 0.05) is 43.1 Å². The third-order valence-electron chi connectivity index (χ3n) is 7.16. The summed E-state index contributed by atoms with van der Waals surface area (Å²) in [7, 11) is 0. The standard InChI is InChI=1S/C27H31Cl2N3O4/c1-4-18(3)30-24(33)23-16-36-27(32(23)26(35)20-8-6-5-7-17(20)2)11-13-31(14-12-27)25(34)19-9-10-21(28)22(29)15-19/h5-10,15,18,23H,4,11-14,16H2,1-3H3,(H,30,33)/t18-,23-/m0/s1. The van der Waals surface area contributed by atoms with Crippen LogP contribution in [0.5, 0.6) is 0 Å². The minimum Gasteiger partial charge on any atom is -0.353 e. The van der Waals surface area contributed by atoms with Gasteiger partial charge in [-0.3, -0.25) is 19.3 Å². The highest BCUT2D eigenvalue weighted by Crippen LogP contribution is 2.39. The molecule has 9 heteroatoms. The first kappa shape index (κ1) is 26.5. The van der Waals surface area contributed by atoms with E-state index in [-0.39, 0.29) is 30.4 Å². The van der Waals surface area contributed by atoms with Crippen LogP contribution in [0.25, 0.3) is 0 Å². The Morgan fingerprint density at radius 2 is 1.78 bits per heavy atom. The number of amides is 3. The fraction of sp³-hybridized carbons (Fsp3) is 0.444. The quantitative estimate of drug-likeness (QED) is 0.606. The van der Waals surface area contributed by atoms with E-state index in [0.29, 0.717) is 47.1 Å². The molecule has 2 aliphatic rings. The van der Waals surface area contributed by atoms with Crippen LogP contribution in [-0.4, -0.2) is 65.0 Å². The SMILES string of the molecule is CC[C@H](C)NC(=O)[C@@H]1COC2(CCN(C(=O)c3ccc(Cl)c(Cl)c3)CC2)N1C(=O)c1ccccc1C. The zero-order valence-electron chi connectivity index (χ0n) is 20.7. The minimum absolute atomic E-state index is 0.0184. The average molecular weight is 532 g/mol. The molecule has 2 aromatic rings. The largest absolute Gasteiger partial charge is 0.353 e. The lowest BCUT2D eigenvalue weighted by Gasteiger charge is -2.44. The molecule has 0 radical (unpaired) electrons. The van der Waals surface area contributed by atoms with Crippen molar-refractivity contribution >= 4 is 40.9 Å². The van der Waals surface area contributed by atoms with Gasteiger partial charge in [0.1, 0.15) is 11.8 Å². The molecular formula is C27H31Cl2N3O4. The molecule has 2 saturated heterocycles. The Bertz CT molecular complexity index is 1160. The number of nitrogens with zero attached hydrogens (tertiary/aromatic N) is 2. The molecule has 2 atom stereocenters. The Morgan fingerprint density at radius 1 is 1.08 bits per heavy atom. The van der Waals surface area contributed by atoms with Crippen molar-refractivity contribution in [3.05, 3.63) is 69.2 Å². The van der Waals surface area contributed by atoms with Crippen molar-refractivity contribution in [1.29, 1.82) is 0 Å². The summed E-state index contributed by atoms with van der Waals surface area (Å²) in [6, 6.07) is 11.4. The number of hydrogen-bond acceptors (Lipinski definition) is 4. The Hall–Kier alpha value is -2.61. The van der Waals surface area contributed by atoms with Gasteiger partial charge in [-0.15, -0.1) is 0 Å². The first-order valence-corrected chi connectivity index (χ1v) is 13.0. The minimum atomic E-state index is -0.967. The Balaban J connectivity index is 1.59. The van der Waals surface area contributed by atoms with E-state index in [1.807, 2.05) is 39.0 Å². The first-order valence-electron chi connectivity index (χ1n) is 12.2. The maximum Gasteiger partial charge on any atom is 0.257 e. The monoisotopic (exact) mass is 531 g/mol. The lowest BCUT2D eigenvalue weighted by atomic mass is 9.95. The maximum absolute atomic E-state index is 13.9. The molecule has 0 bridgehead atoms. The predicted molar refractivity (Wildman–Crippen MR) is 139 cm³/mol. The smallest absolute Gasteiger partial charge is 0.257 e. The molecule has 192 valence electrons. The number of nitrogens with one attached hydrogen (secondary N) is 1. The molecule has 2 fully saturated rings. The van der Waals surface area contributed by atoms with E-state index in [4.69, 9.17) is 27.9 Å². The van der Waals surface area contributed by atoms with Gasteiger partial charge in [-0.2, -0.15) is 0 Å².